The van der Waals surface area contributed by atoms with Crippen LogP contribution in [0.5, 0.6) is 5.75 Å². The van der Waals surface area contributed by atoms with E-state index in [4.69, 9.17) is 4.74 Å². The van der Waals surface area contributed by atoms with Crippen LogP contribution in [0.3, 0.4) is 0 Å². The molecule has 5 nitrogen and oxygen atoms in total. The summed E-state index contributed by atoms with van der Waals surface area (Å²) in [5.74, 6) is -0.272. The van der Waals surface area contributed by atoms with E-state index in [9.17, 15) is 9.59 Å². The second kappa shape index (κ2) is 9.04. The van der Waals surface area contributed by atoms with Gasteiger partial charge in [0, 0.05) is 21.7 Å². The fourth-order valence-corrected chi connectivity index (χ4v) is 1.90. The Balaban J connectivity index is 2.89. The van der Waals surface area contributed by atoms with Gasteiger partial charge >= 0.3 is 11.9 Å². The summed E-state index contributed by atoms with van der Waals surface area (Å²) < 4.78 is 15.6. The molecule has 0 spiro atoms. The van der Waals surface area contributed by atoms with Crippen molar-refractivity contribution < 1.29 is 23.8 Å². The van der Waals surface area contributed by atoms with Crippen molar-refractivity contribution in [2.75, 3.05) is 20.8 Å². The summed E-state index contributed by atoms with van der Waals surface area (Å²) in [5, 5.41) is 0. The van der Waals surface area contributed by atoms with Crippen molar-refractivity contribution >= 4 is 33.9 Å². The number of halogens is 1. The van der Waals surface area contributed by atoms with Crippen LogP contribution in [0.25, 0.3) is 6.08 Å². The van der Waals surface area contributed by atoms with E-state index < -0.39 is 11.9 Å². The van der Waals surface area contributed by atoms with Gasteiger partial charge in [0.05, 0.1) is 14.2 Å². The van der Waals surface area contributed by atoms with E-state index >= 15 is 0 Å². The topological polar surface area (TPSA) is 61.8 Å². The molecular formula is C16H17BrO5. The van der Waals surface area contributed by atoms with Gasteiger partial charge in [-0.25, -0.2) is 9.59 Å². The fourth-order valence-electron chi connectivity index (χ4n) is 1.56. The third-order valence-corrected chi connectivity index (χ3v) is 3.14. The third-order valence-electron chi connectivity index (χ3n) is 2.65. The highest BCUT2D eigenvalue weighted by atomic mass is 79.9. The summed E-state index contributed by atoms with van der Waals surface area (Å²) in [6.07, 6.45) is 4.51. The fraction of sp³-hybridized carbons (Fsp3) is 0.250. The van der Waals surface area contributed by atoms with Crippen LogP contribution in [0, 0.1) is 0 Å². The molecule has 1 rings (SSSR count). The summed E-state index contributed by atoms with van der Waals surface area (Å²) in [6, 6.07) is 5.44. The van der Waals surface area contributed by atoms with E-state index in [0.717, 1.165) is 10.0 Å². The normalized spacial score (nSPS) is 11.4. The molecule has 1 aromatic carbocycles. The van der Waals surface area contributed by atoms with Crippen LogP contribution in [0.15, 0.2) is 40.4 Å². The average Bonchev–Trinajstić information content (AvgIpc) is 2.52. The Morgan fingerprint density at radius 2 is 1.95 bits per heavy atom. The predicted molar refractivity (Wildman–Crippen MR) is 86.5 cm³/mol. The number of hydrogen-bond donors (Lipinski definition) is 0. The van der Waals surface area contributed by atoms with Gasteiger partial charge in [-0.15, -0.1) is 0 Å². The molecule has 0 aliphatic rings. The molecule has 0 bridgehead atoms. The third kappa shape index (κ3) is 5.73. The molecule has 0 saturated heterocycles. The smallest absolute Gasteiger partial charge is 0.333 e. The quantitative estimate of drug-likeness (QED) is 0.570. The van der Waals surface area contributed by atoms with Gasteiger partial charge in [0.25, 0.3) is 0 Å². The second-order valence-electron chi connectivity index (χ2n) is 4.24. The van der Waals surface area contributed by atoms with E-state index in [1.807, 2.05) is 12.1 Å². The minimum absolute atomic E-state index is 0.198. The molecule has 1 aromatic rings. The lowest BCUT2D eigenvalue weighted by atomic mass is 10.1. The average molecular weight is 369 g/mol. The number of ether oxygens (including phenoxy) is 3. The predicted octanol–water partition coefficient (Wildman–Crippen LogP) is 3.13. The van der Waals surface area contributed by atoms with Crippen molar-refractivity contribution in [3.05, 3.63) is 46.0 Å². The van der Waals surface area contributed by atoms with Gasteiger partial charge in [-0.2, -0.15) is 0 Å². The van der Waals surface area contributed by atoms with Crippen LogP contribution in [-0.4, -0.2) is 32.8 Å². The number of hydrogen-bond acceptors (Lipinski definition) is 5. The molecule has 0 atom stereocenters. The van der Waals surface area contributed by atoms with Crippen molar-refractivity contribution in [1.82, 2.24) is 0 Å². The zero-order valence-electron chi connectivity index (χ0n) is 12.6. The molecule has 0 fully saturated rings. The molecule has 0 amide bonds. The monoisotopic (exact) mass is 368 g/mol. The van der Waals surface area contributed by atoms with E-state index in [0.29, 0.717) is 11.3 Å². The lowest BCUT2D eigenvalue weighted by Gasteiger charge is -2.09. The van der Waals surface area contributed by atoms with Crippen LogP contribution in [0.2, 0.25) is 0 Å². The van der Waals surface area contributed by atoms with Crippen molar-refractivity contribution in [3.63, 3.8) is 0 Å². The molecule has 118 valence electrons. The minimum Gasteiger partial charge on any atom is -0.489 e. The minimum atomic E-state index is -0.445. The highest BCUT2D eigenvalue weighted by Crippen LogP contribution is 2.26. The van der Waals surface area contributed by atoms with Gasteiger partial charge in [-0.1, -0.05) is 22.0 Å². The Bertz CT molecular complexity index is 605. The maximum absolute atomic E-state index is 11.5. The van der Waals surface area contributed by atoms with Gasteiger partial charge in [-0.05, 0) is 31.2 Å². The summed E-state index contributed by atoms with van der Waals surface area (Å²) in [4.78, 5) is 22.4. The number of benzene rings is 1. The molecule has 0 N–H and O–H groups in total. The van der Waals surface area contributed by atoms with Crippen LogP contribution < -0.4 is 4.74 Å². The van der Waals surface area contributed by atoms with Crippen molar-refractivity contribution in [2.24, 2.45) is 0 Å². The Labute approximate surface area is 137 Å². The highest BCUT2D eigenvalue weighted by molar-refractivity contribution is 9.10. The zero-order valence-corrected chi connectivity index (χ0v) is 14.2. The molecule has 0 aliphatic heterocycles. The SMILES string of the molecule is COC(=O)/C=C/COc1cc(Br)ccc1/C=C(\C)C(=O)OC. The highest BCUT2D eigenvalue weighted by Gasteiger charge is 2.07. The summed E-state index contributed by atoms with van der Waals surface area (Å²) >= 11 is 3.36. The largest absolute Gasteiger partial charge is 0.489 e. The maximum atomic E-state index is 11.5. The molecule has 0 unspecified atom stereocenters. The van der Waals surface area contributed by atoms with Crippen molar-refractivity contribution in [3.8, 4) is 5.75 Å². The van der Waals surface area contributed by atoms with E-state index in [1.54, 1.807) is 25.1 Å². The van der Waals surface area contributed by atoms with Crippen LogP contribution in [-0.2, 0) is 19.1 Å². The molecular weight excluding hydrogens is 352 g/mol. The van der Waals surface area contributed by atoms with E-state index in [1.165, 1.54) is 20.3 Å². The first-order valence-electron chi connectivity index (χ1n) is 6.41. The first-order chi connectivity index (χ1) is 10.5. The number of rotatable bonds is 6. The first-order valence-corrected chi connectivity index (χ1v) is 7.20. The molecule has 0 aliphatic carbocycles. The Morgan fingerprint density at radius 1 is 1.23 bits per heavy atom. The molecule has 0 heterocycles. The number of carbonyl (C=O) groups excluding carboxylic acids is 2. The van der Waals surface area contributed by atoms with Gasteiger partial charge in [-0.3, -0.25) is 0 Å². The van der Waals surface area contributed by atoms with Crippen LogP contribution in [0.1, 0.15) is 12.5 Å². The van der Waals surface area contributed by atoms with Gasteiger partial charge < -0.3 is 14.2 Å². The Kier molecular flexibility index (Phi) is 7.39. The number of carbonyl (C=O) groups is 2. The van der Waals surface area contributed by atoms with Crippen molar-refractivity contribution in [2.45, 2.75) is 6.92 Å². The molecule has 6 heteroatoms. The molecule has 0 saturated carbocycles. The summed E-state index contributed by atoms with van der Waals surface area (Å²) in [6.45, 7) is 1.86. The van der Waals surface area contributed by atoms with Gasteiger partial charge in [0.15, 0.2) is 0 Å². The summed E-state index contributed by atoms with van der Waals surface area (Å²) in [7, 11) is 2.64. The van der Waals surface area contributed by atoms with Crippen molar-refractivity contribution in [1.29, 1.82) is 0 Å². The zero-order chi connectivity index (χ0) is 16.5. The lowest BCUT2D eigenvalue weighted by molar-refractivity contribution is -0.136. The van der Waals surface area contributed by atoms with E-state index in [-0.39, 0.29) is 6.61 Å². The second-order valence-corrected chi connectivity index (χ2v) is 5.15. The van der Waals surface area contributed by atoms with Crippen LogP contribution in [0.4, 0.5) is 0 Å². The van der Waals surface area contributed by atoms with Gasteiger partial charge in [0.2, 0.25) is 0 Å². The molecule has 0 aromatic heterocycles. The number of esters is 2. The first kappa shape index (κ1) is 18.0. The van der Waals surface area contributed by atoms with Gasteiger partial charge in [0.1, 0.15) is 12.4 Å². The standard InChI is InChI=1S/C16H17BrO5/c1-11(16(19)21-3)9-12-6-7-13(17)10-14(12)22-8-4-5-15(18)20-2/h4-7,9-10H,8H2,1-3H3/b5-4+,11-9+. The Morgan fingerprint density at radius 3 is 2.59 bits per heavy atom. The molecule has 0 radical (unpaired) electrons. The number of methoxy groups -OCH3 is 2. The molecule has 22 heavy (non-hydrogen) atoms. The lowest BCUT2D eigenvalue weighted by Crippen LogP contribution is -2.02. The maximum Gasteiger partial charge on any atom is 0.333 e. The summed E-state index contributed by atoms with van der Waals surface area (Å²) in [5.41, 5.74) is 1.19. The Hall–Kier alpha value is -2.08. The van der Waals surface area contributed by atoms with E-state index in [2.05, 4.69) is 25.4 Å². The van der Waals surface area contributed by atoms with Crippen LogP contribution >= 0.6 is 15.9 Å².